The fourth-order valence-electron chi connectivity index (χ4n) is 1.50. The zero-order valence-electron chi connectivity index (χ0n) is 10.4. The van der Waals surface area contributed by atoms with Gasteiger partial charge in [-0.1, -0.05) is 38.9 Å². The first-order valence-electron chi connectivity index (χ1n) is 5.37. The molecule has 0 aliphatic carbocycles. The number of carbonyl (C=O) groups excluding carboxylic acids is 1. The Morgan fingerprint density at radius 1 is 1.43 bits per heavy atom. The second kappa shape index (κ2) is 6.21. The summed E-state index contributed by atoms with van der Waals surface area (Å²) in [6.07, 6.45) is 0. The molecule has 0 spiro atoms. The molecule has 5 nitrogen and oxygen atoms in total. The average Bonchev–Trinajstić information content (AvgIpc) is 2.73. The third-order valence-electron chi connectivity index (χ3n) is 2.37. The molecule has 112 valence electrons. The third kappa shape index (κ3) is 3.95. The molecule has 0 radical (unpaired) electrons. The van der Waals surface area contributed by atoms with Crippen molar-refractivity contribution in [3.05, 3.63) is 39.0 Å². The van der Waals surface area contributed by atoms with E-state index in [1.165, 1.54) is 6.92 Å². The maximum atomic E-state index is 12.1. The molecule has 1 aromatic heterocycles. The first-order chi connectivity index (χ1) is 9.68. The van der Waals surface area contributed by atoms with Crippen LogP contribution in [0.1, 0.15) is 16.1 Å². The van der Waals surface area contributed by atoms with E-state index in [0.29, 0.717) is 4.47 Å². The Morgan fingerprint density at radius 3 is 2.67 bits per heavy atom. The number of nitrogens with one attached hydrogen (secondary N) is 1. The maximum absolute atomic E-state index is 12.1. The molecule has 1 aromatic carbocycles. The minimum atomic E-state index is -3.88. The van der Waals surface area contributed by atoms with Crippen molar-refractivity contribution in [3.63, 3.8) is 0 Å². The van der Waals surface area contributed by atoms with Gasteiger partial charge >= 0.3 is 0 Å². The molecule has 21 heavy (non-hydrogen) atoms. The summed E-state index contributed by atoms with van der Waals surface area (Å²) in [5, 5.41) is 2.90. The predicted octanol–water partition coefficient (Wildman–Crippen LogP) is 4.05. The zero-order chi connectivity index (χ0) is 15.8. The van der Waals surface area contributed by atoms with Gasteiger partial charge in [-0.05, 0) is 25.1 Å². The summed E-state index contributed by atoms with van der Waals surface area (Å²) < 4.78 is 23.2. The van der Waals surface area contributed by atoms with Crippen LogP contribution in [0.4, 0.5) is 5.13 Å². The van der Waals surface area contributed by atoms with Gasteiger partial charge in [0, 0.05) is 15.2 Å². The Labute approximate surface area is 142 Å². The molecule has 0 saturated heterocycles. The second-order valence-electron chi connectivity index (χ2n) is 3.91. The van der Waals surface area contributed by atoms with Crippen LogP contribution in [0.25, 0.3) is 0 Å². The van der Waals surface area contributed by atoms with Crippen molar-refractivity contribution in [1.82, 2.24) is 4.98 Å². The van der Waals surface area contributed by atoms with Gasteiger partial charge in [-0.15, -0.1) is 0 Å². The molecule has 0 fully saturated rings. The van der Waals surface area contributed by atoms with Crippen LogP contribution in [-0.2, 0) is 9.05 Å². The number of aryl methyl sites for hydroxylation is 1. The highest BCUT2D eigenvalue weighted by Crippen LogP contribution is 2.30. The van der Waals surface area contributed by atoms with Crippen LogP contribution in [0.3, 0.4) is 0 Å². The minimum absolute atomic E-state index is 0.0974. The lowest BCUT2D eigenvalue weighted by molar-refractivity contribution is 0.102. The molecule has 0 atom stereocenters. The Morgan fingerprint density at radius 2 is 2.10 bits per heavy atom. The summed E-state index contributed by atoms with van der Waals surface area (Å²) in [7, 11) is 1.39. The van der Waals surface area contributed by atoms with Gasteiger partial charge in [0.1, 0.15) is 0 Å². The van der Waals surface area contributed by atoms with E-state index in [0.717, 1.165) is 11.3 Å². The molecular formula is C11H7BrCl2N2O3S2. The van der Waals surface area contributed by atoms with Crippen LogP contribution in [-0.4, -0.2) is 19.3 Å². The van der Waals surface area contributed by atoms with Gasteiger partial charge in [-0.3, -0.25) is 10.1 Å². The van der Waals surface area contributed by atoms with Gasteiger partial charge in [-0.25, -0.2) is 13.4 Å². The molecule has 0 aliphatic rings. The summed E-state index contributed by atoms with van der Waals surface area (Å²) in [6, 6.07) is 4.82. The number of thiazole rings is 1. The lowest BCUT2D eigenvalue weighted by Crippen LogP contribution is -2.12. The average molecular weight is 430 g/mol. The van der Waals surface area contributed by atoms with E-state index in [-0.39, 0.29) is 25.6 Å². The standard InChI is InChI=1S/C11H7BrCl2N2O3S2/c1-5-10(21(14,18)19)20-11(15-5)16-9(17)7-4-6(12)2-3-8(7)13/h2-4H,1H3,(H,15,16,17). The highest BCUT2D eigenvalue weighted by molar-refractivity contribution is 9.10. The Hall–Kier alpha value is -0.670. The van der Waals surface area contributed by atoms with Gasteiger partial charge in [0.25, 0.3) is 15.0 Å². The fraction of sp³-hybridized carbons (Fsp3) is 0.0909. The van der Waals surface area contributed by atoms with Crippen LogP contribution in [0, 0.1) is 6.92 Å². The topological polar surface area (TPSA) is 76.1 Å². The molecule has 1 heterocycles. The number of nitrogens with zero attached hydrogens (tertiary/aromatic N) is 1. The van der Waals surface area contributed by atoms with Crippen molar-refractivity contribution < 1.29 is 13.2 Å². The number of anilines is 1. The summed E-state index contributed by atoms with van der Waals surface area (Å²) in [6.45, 7) is 1.49. The first-order valence-corrected chi connectivity index (χ1v) is 9.66. The van der Waals surface area contributed by atoms with E-state index in [1.54, 1.807) is 18.2 Å². The molecule has 10 heteroatoms. The Kier molecular flexibility index (Phi) is 4.94. The van der Waals surface area contributed by atoms with Crippen LogP contribution < -0.4 is 5.32 Å². The van der Waals surface area contributed by atoms with Crippen LogP contribution >= 0.6 is 49.6 Å². The van der Waals surface area contributed by atoms with E-state index in [9.17, 15) is 13.2 Å². The number of aromatic nitrogens is 1. The smallest absolute Gasteiger partial charge is 0.272 e. The number of benzene rings is 1. The lowest BCUT2D eigenvalue weighted by atomic mass is 10.2. The SMILES string of the molecule is Cc1nc(NC(=O)c2cc(Br)ccc2Cl)sc1S(=O)(=O)Cl. The summed E-state index contributed by atoms with van der Waals surface area (Å²) in [5.74, 6) is -0.492. The van der Waals surface area contributed by atoms with E-state index in [1.807, 2.05) is 0 Å². The highest BCUT2D eigenvalue weighted by Gasteiger charge is 2.21. The van der Waals surface area contributed by atoms with Gasteiger partial charge < -0.3 is 0 Å². The van der Waals surface area contributed by atoms with Gasteiger partial charge in [-0.2, -0.15) is 0 Å². The van der Waals surface area contributed by atoms with Crippen LogP contribution in [0.15, 0.2) is 26.9 Å². The maximum Gasteiger partial charge on any atom is 0.272 e. The first kappa shape index (κ1) is 16.7. The van der Waals surface area contributed by atoms with E-state index in [4.69, 9.17) is 22.3 Å². The highest BCUT2D eigenvalue weighted by atomic mass is 79.9. The van der Waals surface area contributed by atoms with Crippen molar-refractivity contribution in [1.29, 1.82) is 0 Å². The number of carbonyl (C=O) groups is 1. The number of amides is 1. The molecule has 0 saturated carbocycles. The van der Waals surface area contributed by atoms with Gasteiger partial charge in [0.05, 0.1) is 16.3 Å². The number of hydrogen-bond donors (Lipinski definition) is 1. The monoisotopic (exact) mass is 428 g/mol. The minimum Gasteiger partial charge on any atom is -0.298 e. The van der Waals surface area contributed by atoms with Crippen molar-refractivity contribution in [2.24, 2.45) is 0 Å². The van der Waals surface area contributed by atoms with Crippen molar-refractivity contribution in [3.8, 4) is 0 Å². The largest absolute Gasteiger partial charge is 0.298 e. The number of hydrogen-bond acceptors (Lipinski definition) is 5. The Balaban J connectivity index is 2.30. The van der Waals surface area contributed by atoms with Crippen LogP contribution in [0.5, 0.6) is 0 Å². The lowest BCUT2D eigenvalue weighted by Gasteiger charge is -2.04. The second-order valence-corrected chi connectivity index (χ2v) is 8.99. The van der Waals surface area contributed by atoms with E-state index >= 15 is 0 Å². The van der Waals surface area contributed by atoms with Gasteiger partial charge in [0.2, 0.25) is 0 Å². The van der Waals surface area contributed by atoms with E-state index in [2.05, 4.69) is 26.2 Å². The van der Waals surface area contributed by atoms with E-state index < -0.39 is 15.0 Å². The predicted molar refractivity (Wildman–Crippen MR) is 87.0 cm³/mol. The molecular weight excluding hydrogens is 423 g/mol. The zero-order valence-corrected chi connectivity index (χ0v) is 15.1. The Bertz CT molecular complexity index is 821. The number of rotatable bonds is 3. The molecule has 0 bridgehead atoms. The van der Waals surface area contributed by atoms with Gasteiger partial charge in [0.15, 0.2) is 9.34 Å². The molecule has 1 amide bonds. The molecule has 0 unspecified atom stereocenters. The molecule has 2 rings (SSSR count). The fourth-order valence-corrected chi connectivity index (χ4v) is 4.41. The molecule has 0 aliphatic heterocycles. The summed E-state index contributed by atoms with van der Waals surface area (Å²) >= 11 is 9.98. The number of halogens is 3. The van der Waals surface area contributed by atoms with Crippen molar-refractivity contribution in [2.45, 2.75) is 11.1 Å². The summed E-state index contributed by atoms with van der Waals surface area (Å²) in [4.78, 5) is 16.1. The third-order valence-corrected chi connectivity index (χ3v) is 6.44. The van der Waals surface area contributed by atoms with Crippen LogP contribution in [0.2, 0.25) is 5.02 Å². The summed E-state index contributed by atoms with van der Waals surface area (Å²) in [5.41, 5.74) is 0.472. The quantitative estimate of drug-likeness (QED) is 0.746. The molecule has 2 aromatic rings. The molecule has 1 N–H and O–H groups in total. The van der Waals surface area contributed by atoms with Crippen molar-refractivity contribution >= 4 is 69.6 Å². The normalized spacial score (nSPS) is 11.4. The van der Waals surface area contributed by atoms with Crippen molar-refractivity contribution in [2.75, 3.05) is 5.32 Å².